The molecule has 6 nitrogen and oxygen atoms in total. The van der Waals surface area contributed by atoms with Gasteiger partial charge in [0.05, 0.1) is 0 Å². The van der Waals surface area contributed by atoms with Gasteiger partial charge < -0.3 is 15.5 Å². The van der Waals surface area contributed by atoms with Crippen molar-refractivity contribution in [1.29, 1.82) is 0 Å². The van der Waals surface area contributed by atoms with Crippen molar-refractivity contribution in [2.75, 3.05) is 33.2 Å². The molecule has 0 aliphatic carbocycles. The van der Waals surface area contributed by atoms with Gasteiger partial charge >= 0.3 is 5.97 Å². The summed E-state index contributed by atoms with van der Waals surface area (Å²) in [5.74, 6) is -1.23. The molecule has 2 N–H and O–H groups in total. The Morgan fingerprint density at radius 1 is 1.20 bits per heavy atom. The minimum atomic E-state index is -0.662. The number of carbonyl (C=O) groups excluding carboxylic acids is 2. The van der Waals surface area contributed by atoms with Crippen molar-refractivity contribution < 1.29 is 14.4 Å². The van der Waals surface area contributed by atoms with Gasteiger partial charge in [0.15, 0.2) is 0 Å². The van der Waals surface area contributed by atoms with E-state index in [0.717, 1.165) is 25.2 Å². The normalized spacial score (nSPS) is 19.3. The predicted octanol–water partition coefficient (Wildman–Crippen LogP) is -1.27. The minimum absolute atomic E-state index is 0.571. The number of amides is 1. The van der Waals surface area contributed by atoms with Crippen molar-refractivity contribution in [1.82, 2.24) is 9.96 Å². The fourth-order valence-corrected chi connectivity index (χ4v) is 1.19. The zero-order valence-electron chi connectivity index (χ0n) is 8.68. The summed E-state index contributed by atoms with van der Waals surface area (Å²) in [5, 5.41) is 1.58. The molecule has 0 bridgehead atoms. The second-order valence-electron chi connectivity index (χ2n) is 3.38. The maximum atomic E-state index is 11.1. The van der Waals surface area contributed by atoms with E-state index in [0.29, 0.717) is 13.1 Å². The molecule has 0 atom stereocenters. The summed E-state index contributed by atoms with van der Waals surface area (Å²) in [5.41, 5.74) is 4.84. The van der Waals surface area contributed by atoms with E-state index in [1.807, 2.05) is 7.05 Å². The topological polar surface area (TPSA) is 75.9 Å². The Morgan fingerprint density at radius 2 is 1.80 bits per heavy atom. The molecular formula is C9H15N3O3. The Hall–Kier alpha value is -1.40. The maximum absolute atomic E-state index is 11.1. The Balaban J connectivity index is 2.29. The monoisotopic (exact) mass is 213 g/mol. The number of nitrogens with two attached hydrogens (primary N) is 1. The summed E-state index contributed by atoms with van der Waals surface area (Å²) in [6, 6.07) is 0. The lowest BCUT2D eigenvalue weighted by Crippen LogP contribution is -2.45. The van der Waals surface area contributed by atoms with E-state index in [-0.39, 0.29) is 0 Å². The molecule has 1 saturated heterocycles. The van der Waals surface area contributed by atoms with E-state index in [2.05, 4.69) is 4.90 Å². The number of hydroxylamine groups is 2. The number of rotatable bonds is 3. The SMILES string of the molecule is CN1CCN(OC(=O)C=CC(N)=O)CC1. The van der Waals surface area contributed by atoms with Crippen molar-refractivity contribution in [3.63, 3.8) is 0 Å². The van der Waals surface area contributed by atoms with E-state index in [1.165, 1.54) is 0 Å². The minimum Gasteiger partial charge on any atom is -0.366 e. The third kappa shape index (κ3) is 4.57. The molecule has 1 fully saturated rings. The molecule has 0 aromatic carbocycles. The van der Waals surface area contributed by atoms with Gasteiger partial charge in [-0.3, -0.25) is 4.79 Å². The average molecular weight is 213 g/mol. The van der Waals surface area contributed by atoms with E-state index < -0.39 is 11.9 Å². The van der Waals surface area contributed by atoms with Gasteiger partial charge in [-0.1, -0.05) is 0 Å². The van der Waals surface area contributed by atoms with E-state index in [4.69, 9.17) is 10.6 Å². The Bertz CT molecular complexity index is 270. The molecule has 1 amide bonds. The highest BCUT2D eigenvalue weighted by Gasteiger charge is 2.16. The zero-order chi connectivity index (χ0) is 11.3. The summed E-state index contributed by atoms with van der Waals surface area (Å²) >= 11 is 0. The molecule has 84 valence electrons. The van der Waals surface area contributed by atoms with Crippen LogP contribution in [-0.4, -0.2) is 55.1 Å². The van der Waals surface area contributed by atoms with Crippen molar-refractivity contribution in [3.05, 3.63) is 12.2 Å². The predicted molar refractivity (Wildman–Crippen MR) is 53.5 cm³/mol. The zero-order valence-corrected chi connectivity index (χ0v) is 8.68. The molecule has 0 radical (unpaired) electrons. The van der Waals surface area contributed by atoms with Crippen LogP contribution in [0.5, 0.6) is 0 Å². The van der Waals surface area contributed by atoms with Crippen molar-refractivity contribution in [2.24, 2.45) is 5.73 Å². The number of nitrogens with zero attached hydrogens (tertiary/aromatic N) is 2. The number of hydrogen-bond donors (Lipinski definition) is 1. The van der Waals surface area contributed by atoms with E-state index in [9.17, 15) is 9.59 Å². The van der Waals surface area contributed by atoms with Crippen LogP contribution in [0.15, 0.2) is 12.2 Å². The standard InChI is InChI=1S/C9H15N3O3/c1-11-4-6-12(7-5-11)15-9(14)3-2-8(10)13/h2-3H,4-7H2,1H3,(H2,10,13). The molecule has 1 heterocycles. The molecule has 15 heavy (non-hydrogen) atoms. The molecule has 1 aliphatic rings. The van der Waals surface area contributed by atoms with Gasteiger partial charge in [0.1, 0.15) is 0 Å². The van der Waals surface area contributed by atoms with Crippen molar-refractivity contribution >= 4 is 11.9 Å². The molecular weight excluding hydrogens is 198 g/mol. The van der Waals surface area contributed by atoms with Gasteiger partial charge in [0.2, 0.25) is 5.91 Å². The lowest BCUT2D eigenvalue weighted by Gasteiger charge is -2.30. The number of carbonyl (C=O) groups is 2. The van der Waals surface area contributed by atoms with Crippen LogP contribution in [0.2, 0.25) is 0 Å². The van der Waals surface area contributed by atoms with Gasteiger partial charge in [-0.05, 0) is 7.05 Å². The Kier molecular flexibility index (Phi) is 4.26. The molecule has 0 unspecified atom stereocenters. The summed E-state index contributed by atoms with van der Waals surface area (Å²) in [6.07, 6.45) is 2.01. The lowest BCUT2D eigenvalue weighted by atomic mass is 10.4. The molecule has 1 aliphatic heterocycles. The smallest absolute Gasteiger partial charge is 0.349 e. The van der Waals surface area contributed by atoms with Gasteiger partial charge in [0.25, 0.3) is 0 Å². The summed E-state index contributed by atoms with van der Waals surface area (Å²) < 4.78 is 0. The van der Waals surface area contributed by atoms with Crippen LogP contribution < -0.4 is 5.73 Å². The van der Waals surface area contributed by atoms with Gasteiger partial charge in [0, 0.05) is 38.3 Å². The quantitative estimate of drug-likeness (QED) is 0.592. The molecule has 0 aromatic rings. The molecule has 0 aromatic heterocycles. The van der Waals surface area contributed by atoms with Gasteiger partial charge in [-0.15, -0.1) is 5.06 Å². The van der Waals surface area contributed by atoms with Crippen molar-refractivity contribution in [2.45, 2.75) is 0 Å². The molecule has 1 rings (SSSR count). The first kappa shape index (κ1) is 11.7. The number of piperazine rings is 1. The summed E-state index contributed by atoms with van der Waals surface area (Å²) in [7, 11) is 2.01. The Morgan fingerprint density at radius 3 is 2.33 bits per heavy atom. The van der Waals surface area contributed by atoms with Crippen LogP contribution in [0.1, 0.15) is 0 Å². The number of likely N-dealkylation sites (N-methyl/N-ethyl adjacent to an activating group) is 1. The Labute approximate surface area is 88.2 Å². The number of primary amides is 1. The van der Waals surface area contributed by atoms with Gasteiger partial charge in [-0.2, -0.15) is 0 Å². The van der Waals surface area contributed by atoms with Crippen LogP contribution in [-0.2, 0) is 14.4 Å². The van der Waals surface area contributed by atoms with Crippen LogP contribution in [0.3, 0.4) is 0 Å². The maximum Gasteiger partial charge on any atom is 0.349 e. The molecule has 0 saturated carbocycles. The van der Waals surface area contributed by atoms with E-state index >= 15 is 0 Å². The first-order valence-corrected chi connectivity index (χ1v) is 4.71. The highest BCUT2D eigenvalue weighted by Crippen LogP contribution is 2.00. The largest absolute Gasteiger partial charge is 0.366 e. The first-order valence-electron chi connectivity index (χ1n) is 4.71. The third-order valence-corrected chi connectivity index (χ3v) is 2.06. The first-order chi connectivity index (χ1) is 7.08. The fraction of sp³-hybridized carbons (Fsp3) is 0.556. The van der Waals surface area contributed by atoms with Crippen LogP contribution in [0, 0.1) is 0 Å². The van der Waals surface area contributed by atoms with Gasteiger partial charge in [-0.25, -0.2) is 4.79 Å². The number of hydrogen-bond acceptors (Lipinski definition) is 5. The second kappa shape index (κ2) is 5.47. The summed E-state index contributed by atoms with van der Waals surface area (Å²) in [6.45, 7) is 3.05. The highest BCUT2D eigenvalue weighted by molar-refractivity contribution is 5.93. The molecule has 0 spiro atoms. The average Bonchev–Trinajstić information content (AvgIpc) is 2.19. The second-order valence-corrected chi connectivity index (χ2v) is 3.38. The van der Waals surface area contributed by atoms with Crippen LogP contribution >= 0.6 is 0 Å². The van der Waals surface area contributed by atoms with Crippen LogP contribution in [0.4, 0.5) is 0 Å². The molecule has 6 heteroatoms. The van der Waals surface area contributed by atoms with E-state index in [1.54, 1.807) is 5.06 Å². The van der Waals surface area contributed by atoms with Crippen LogP contribution in [0.25, 0.3) is 0 Å². The summed E-state index contributed by atoms with van der Waals surface area (Å²) in [4.78, 5) is 28.6. The van der Waals surface area contributed by atoms with Crippen molar-refractivity contribution in [3.8, 4) is 0 Å². The lowest BCUT2D eigenvalue weighted by molar-refractivity contribution is -0.190. The third-order valence-electron chi connectivity index (χ3n) is 2.06. The highest BCUT2D eigenvalue weighted by atomic mass is 16.7. The fourth-order valence-electron chi connectivity index (χ4n) is 1.19.